The third-order valence-corrected chi connectivity index (χ3v) is 3.18. The fourth-order valence-corrected chi connectivity index (χ4v) is 2.32. The molecule has 0 aliphatic heterocycles. The summed E-state index contributed by atoms with van der Waals surface area (Å²) >= 11 is 0. The van der Waals surface area contributed by atoms with Gasteiger partial charge in [0.2, 0.25) is 0 Å². The normalized spacial score (nSPS) is 11.2. The molecule has 2 aromatic heterocycles. The Morgan fingerprint density at radius 3 is 1.57 bits per heavy atom. The number of aromatic nitrogens is 2. The molecule has 5 nitrogen and oxygen atoms in total. The monoisotopic (exact) mass is 287 g/mol. The van der Waals surface area contributed by atoms with Gasteiger partial charge in [-0.05, 0) is 17.0 Å². The third kappa shape index (κ3) is 5.04. The minimum absolute atomic E-state index is 0.548. The highest BCUT2D eigenvalue weighted by Gasteiger charge is 2.10. The molecule has 0 aromatic carbocycles. The van der Waals surface area contributed by atoms with Crippen molar-refractivity contribution in [3.63, 3.8) is 0 Å². The van der Waals surface area contributed by atoms with Crippen molar-refractivity contribution in [2.75, 3.05) is 6.54 Å². The predicted molar refractivity (Wildman–Crippen MR) is 79.8 cm³/mol. The minimum Gasteiger partial charge on any atom is -0.619 e. The van der Waals surface area contributed by atoms with E-state index in [0.29, 0.717) is 5.92 Å². The first-order valence-electron chi connectivity index (χ1n) is 7.10. The molecule has 0 amide bonds. The van der Waals surface area contributed by atoms with Crippen LogP contribution in [-0.2, 0) is 13.1 Å². The van der Waals surface area contributed by atoms with Gasteiger partial charge in [0.25, 0.3) is 0 Å². The lowest BCUT2D eigenvalue weighted by atomic mass is 10.1. The van der Waals surface area contributed by atoms with Crippen LogP contribution in [0.4, 0.5) is 0 Å². The standard InChI is InChI=1S/C16H21N3O2/c1-14(2)11-17(12-15-3-7-18(20)8-4-15)13-16-5-9-19(21)10-6-16/h3-10,14H,11-13H2,1-2H3. The van der Waals surface area contributed by atoms with Crippen molar-refractivity contribution in [3.05, 3.63) is 70.6 Å². The SMILES string of the molecule is CC(C)CN(Cc1cc[n+]([O-])cc1)Cc1cc[n+]([O-])cc1. The molecule has 0 spiro atoms. The van der Waals surface area contributed by atoms with Crippen molar-refractivity contribution < 1.29 is 9.46 Å². The molecule has 2 rings (SSSR count). The lowest BCUT2D eigenvalue weighted by Gasteiger charge is -2.24. The van der Waals surface area contributed by atoms with E-state index < -0.39 is 0 Å². The molecule has 2 heterocycles. The molecule has 0 saturated heterocycles. The van der Waals surface area contributed by atoms with Gasteiger partial charge in [-0.3, -0.25) is 4.90 Å². The molecular formula is C16H21N3O2. The van der Waals surface area contributed by atoms with Gasteiger partial charge in [0, 0.05) is 43.9 Å². The first kappa shape index (κ1) is 15.3. The van der Waals surface area contributed by atoms with Gasteiger partial charge < -0.3 is 10.4 Å². The van der Waals surface area contributed by atoms with Crippen LogP contribution in [0.2, 0.25) is 0 Å². The molecular weight excluding hydrogens is 266 g/mol. The van der Waals surface area contributed by atoms with Crippen LogP contribution in [0.5, 0.6) is 0 Å². The van der Waals surface area contributed by atoms with E-state index >= 15 is 0 Å². The Labute approximate surface area is 125 Å². The first-order chi connectivity index (χ1) is 10.0. The molecule has 0 aliphatic rings. The van der Waals surface area contributed by atoms with Crippen LogP contribution in [0.25, 0.3) is 0 Å². The number of nitrogens with zero attached hydrogens (tertiary/aromatic N) is 3. The number of pyridine rings is 2. The fraction of sp³-hybridized carbons (Fsp3) is 0.375. The Kier molecular flexibility index (Phi) is 5.11. The predicted octanol–water partition coefficient (Wildman–Crippen LogP) is 1.61. The second-order valence-electron chi connectivity index (χ2n) is 5.70. The maximum absolute atomic E-state index is 11.1. The Morgan fingerprint density at radius 2 is 1.24 bits per heavy atom. The van der Waals surface area contributed by atoms with Gasteiger partial charge in [0.1, 0.15) is 0 Å². The molecule has 0 radical (unpaired) electrons. The number of hydrogen-bond acceptors (Lipinski definition) is 3. The lowest BCUT2D eigenvalue weighted by molar-refractivity contribution is -0.605. The maximum atomic E-state index is 11.1. The fourth-order valence-electron chi connectivity index (χ4n) is 2.32. The van der Waals surface area contributed by atoms with Crippen LogP contribution in [0.1, 0.15) is 25.0 Å². The topological polar surface area (TPSA) is 57.1 Å². The quantitative estimate of drug-likeness (QED) is 0.599. The summed E-state index contributed by atoms with van der Waals surface area (Å²) in [4.78, 5) is 2.32. The van der Waals surface area contributed by atoms with Crippen LogP contribution in [0, 0.1) is 16.3 Å². The van der Waals surface area contributed by atoms with Crippen LogP contribution in [0.15, 0.2) is 49.1 Å². The molecule has 0 atom stereocenters. The van der Waals surface area contributed by atoms with Gasteiger partial charge >= 0.3 is 0 Å². The van der Waals surface area contributed by atoms with Crippen molar-refractivity contribution in [1.29, 1.82) is 0 Å². The zero-order valence-corrected chi connectivity index (χ0v) is 12.5. The Balaban J connectivity index is 2.06. The molecule has 0 fully saturated rings. The summed E-state index contributed by atoms with van der Waals surface area (Å²) < 4.78 is 1.58. The van der Waals surface area contributed by atoms with E-state index in [1.165, 1.54) is 24.8 Å². The molecule has 5 heteroatoms. The van der Waals surface area contributed by atoms with Crippen LogP contribution in [0.3, 0.4) is 0 Å². The molecule has 0 saturated carbocycles. The van der Waals surface area contributed by atoms with Gasteiger partial charge in [-0.2, -0.15) is 9.46 Å². The largest absolute Gasteiger partial charge is 0.619 e. The van der Waals surface area contributed by atoms with E-state index in [1.54, 1.807) is 0 Å². The molecule has 112 valence electrons. The van der Waals surface area contributed by atoms with Gasteiger partial charge in [0.15, 0.2) is 24.8 Å². The van der Waals surface area contributed by atoms with Gasteiger partial charge in [0.05, 0.1) is 0 Å². The zero-order valence-electron chi connectivity index (χ0n) is 12.5. The van der Waals surface area contributed by atoms with Gasteiger partial charge in [-0.15, -0.1) is 0 Å². The molecule has 0 N–H and O–H groups in total. The first-order valence-corrected chi connectivity index (χ1v) is 7.10. The van der Waals surface area contributed by atoms with E-state index in [2.05, 4.69) is 18.7 Å². The molecule has 0 aliphatic carbocycles. The Morgan fingerprint density at radius 1 is 0.857 bits per heavy atom. The second-order valence-corrected chi connectivity index (χ2v) is 5.70. The maximum Gasteiger partial charge on any atom is 0.180 e. The molecule has 0 unspecified atom stereocenters. The van der Waals surface area contributed by atoms with E-state index in [-0.39, 0.29) is 0 Å². The summed E-state index contributed by atoms with van der Waals surface area (Å²) in [6.45, 7) is 6.88. The highest BCUT2D eigenvalue weighted by atomic mass is 16.5. The van der Waals surface area contributed by atoms with E-state index in [0.717, 1.165) is 40.2 Å². The number of hydrogen-bond donors (Lipinski definition) is 0. The molecule has 21 heavy (non-hydrogen) atoms. The van der Waals surface area contributed by atoms with Crippen LogP contribution < -0.4 is 9.46 Å². The molecule has 0 bridgehead atoms. The zero-order chi connectivity index (χ0) is 15.2. The summed E-state index contributed by atoms with van der Waals surface area (Å²) in [5, 5.41) is 22.2. The minimum atomic E-state index is 0.548. The van der Waals surface area contributed by atoms with E-state index in [9.17, 15) is 10.4 Å². The summed E-state index contributed by atoms with van der Waals surface area (Å²) in [6, 6.07) is 7.38. The van der Waals surface area contributed by atoms with E-state index in [4.69, 9.17) is 0 Å². The average Bonchev–Trinajstić information content (AvgIpc) is 2.43. The lowest BCUT2D eigenvalue weighted by Crippen LogP contribution is -2.29. The van der Waals surface area contributed by atoms with Crippen molar-refractivity contribution in [1.82, 2.24) is 4.90 Å². The average molecular weight is 287 g/mol. The van der Waals surface area contributed by atoms with Crippen molar-refractivity contribution >= 4 is 0 Å². The summed E-state index contributed by atoms with van der Waals surface area (Å²) in [6.07, 6.45) is 6.08. The van der Waals surface area contributed by atoms with Crippen molar-refractivity contribution in [2.45, 2.75) is 26.9 Å². The smallest absolute Gasteiger partial charge is 0.180 e. The highest BCUT2D eigenvalue weighted by molar-refractivity contribution is 5.10. The summed E-state index contributed by atoms with van der Waals surface area (Å²) in [5.41, 5.74) is 2.22. The molecule has 2 aromatic rings. The van der Waals surface area contributed by atoms with Gasteiger partial charge in [-0.1, -0.05) is 13.8 Å². The summed E-state index contributed by atoms with van der Waals surface area (Å²) in [5.74, 6) is 0.548. The van der Waals surface area contributed by atoms with Crippen LogP contribution >= 0.6 is 0 Å². The van der Waals surface area contributed by atoms with Gasteiger partial charge in [-0.25, -0.2) is 0 Å². The van der Waals surface area contributed by atoms with E-state index in [1.807, 2.05) is 24.3 Å². The Bertz CT molecular complexity index is 505. The second kappa shape index (κ2) is 7.04. The van der Waals surface area contributed by atoms with Crippen molar-refractivity contribution in [3.8, 4) is 0 Å². The Hall–Kier alpha value is -2.14. The highest BCUT2D eigenvalue weighted by Crippen LogP contribution is 2.10. The number of rotatable bonds is 6. The third-order valence-electron chi connectivity index (χ3n) is 3.18. The van der Waals surface area contributed by atoms with Crippen LogP contribution in [-0.4, -0.2) is 11.4 Å². The summed E-state index contributed by atoms with van der Waals surface area (Å²) in [7, 11) is 0. The van der Waals surface area contributed by atoms with Crippen molar-refractivity contribution in [2.24, 2.45) is 5.92 Å².